The third-order valence-electron chi connectivity index (χ3n) is 10.5. The molecule has 0 aliphatic heterocycles. The summed E-state index contributed by atoms with van der Waals surface area (Å²) in [7, 11) is 0. The van der Waals surface area contributed by atoms with E-state index in [1.165, 1.54) is 17.6 Å². The molecule has 5 N–H and O–H groups in total. The molecule has 10 nitrogen and oxygen atoms in total. The molecule has 10 heteroatoms. The molecule has 1 fully saturated rings. The minimum atomic E-state index is -1.03. The summed E-state index contributed by atoms with van der Waals surface area (Å²) in [4.78, 5) is 51.8. The normalized spacial score (nSPS) is 16.0. The number of imidazole rings is 1. The Kier molecular flexibility index (Phi) is 15.0. The number of carbonyl (C=O) groups excluding carboxylic acids is 3. The van der Waals surface area contributed by atoms with E-state index >= 15 is 0 Å². The first-order chi connectivity index (χ1) is 26.2. The first-order valence-corrected chi connectivity index (χ1v) is 19.4. The second-order valence-corrected chi connectivity index (χ2v) is 14.8. The number of aliphatic hydroxyl groups is 1. The number of H-pyrrole nitrogens is 1. The lowest BCUT2D eigenvalue weighted by atomic mass is 9.81. The predicted octanol–water partition coefficient (Wildman–Crippen LogP) is 7.26. The van der Waals surface area contributed by atoms with Gasteiger partial charge in [-0.1, -0.05) is 119 Å². The Morgan fingerprint density at radius 2 is 1.41 bits per heavy atom. The van der Waals surface area contributed by atoms with Gasteiger partial charge >= 0.3 is 6.03 Å². The van der Waals surface area contributed by atoms with Crippen LogP contribution in [0.2, 0.25) is 0 Å². The number of para-hydroxylation sites is 2. The van der Waals surface area contributed by atoms with E-state index in [1.54, 1.807) is 6.20 Å². The highest BCUT2D eigenvalue weighted by Gasteiger charge is 2.33. The maximum Gasteiger partial charge on any atom is 0.327 e. The van der Waals surface area contributed by atoms with Crippen molar-refractivity contribution >= 4 is 29.2 Å². The molecular weight excluding hydrogens is 677 g/mol. The summed E-state index contributed by atoms with van der Waals surface area (Å²) >= 11 is 0. The number of urea groups is 1. The van der Waals surface area contributed by atoms with Crippen molar-refractivity contribution in [3.8, 4) is 0 Å². The molecule has 0 bridgehead atoms. The molecule has 4 amide bonds. The van der Waals surface area contributed by atoms with Crippen molar-refractivity contribution in [2.45, 2.75) is 95.9 Å². The Labute approximate surface area is 319 Å². The van der Waals surface area contributed by atoms with Crippen LogP contribution in [0, 0.1) is 17.8 Å². The van der Waals surface area contributed by atoms with E-state index < -0.39 is 42.1 Å². The fourth-order valence-electron chi connectivity index (χ4n) is 7.36. The Bertz CT molecular complexity index is 1690. The topological polar surface area (TPSA) is 139 Å². The van der Waals surface area contributed by atoms with Crippen molar-refractivity contribution in [3.63, 3.8) is 0 Å². The molecule has 286 valence electrons. The molecule has 1 saturated carbocycles. The van der Waals surface area contributed by atoms with E-state index in [0.29, 0.717) is 35.8 Å². The number of allylic oxidation sites excluding steroid dienone is 1. The SMILES string of the molecule is C=C[C@@H](C[C@H](O)[C@H](CC1CCCCC1)NC(=O)[C@H](Cc1c[nH]cn1)NC(=O)[C@@H](Cc1ccccc1)NC(=O)N(c1ccccc1)c1ccccc1)C(C)C. The molecule has 0 unspecified atom stereocenters. The number of aliphatic hydroxyl groups excluding tert-OH is 1. The Balaban J connectivity index is 1.41. The van der Waals surface area contributed by atoms with Crippen molar-refractivity contribution in [2.75, 3.05) is 4.90 Å². The molecule has 1 aliphatic carbocycles. The second-order valence-electron chi connectivity index (χ2n) is 14.8. The minimum absolute atomic E-state index is 0.0824. The number of anilines is 2. The fraction of sp³-hybridized carbons (Fsp3) is 0.409. The van der Waals surface area contributed by atoms with Crippen molar-refractivity contribution in [1.29, 1.82) is 0 Å². The summed E-state index contributed by atoms with van der Waals surface area (Å²) < 4.78 is 0. The quantitative estimate of drug-likeness (QED) is 0.0686. The maximum atomic E-state index is 14.4. The number of rotatable bonds is 18. The largest absolute Gasteiger partial charge is 0.391 e. The molecule has 1 aliphatic rings. The minimum Gasteiger partial charge on any atom is -0.391 e. The highest BCUT2D eigenvalue weighted by molar-refractivity contribution is 6.02. The number of aromatic nitrogens is 2. The van der Waals surface area contributed by atoms with Gasteiger partial charge in [0.05, 0.1) is 35.5 Å². The molecule has 5 rings (SSSR count). The molecule has 1 heterocycles. The van der Waals surface area contributed by atoms with E-state index in [4.69, 9.17) is 0 Å². The smallest absolute Gasteiger partial charge is 0.327 e. The monoisotopic (exact) mass is 732 g/mol. The summed E-state index contributed by atoms with van der Waals surface area (Å²) in [5.74, 6) is -0.168. The lowest BCUT2D eigenvalue weighted by molar-refractivity contribution is -0.131. The molecular formula is C44H56N6O4. The van der Waals surface area contributed by atoms with E-state index in [0.717, 1.165) is 31.2 Å². The van der Waals surface area contributed by atoms with Crippen LogP contribution >= 0.6 is 0 Å². The summed E-state index contributed by atoms with van der Waals surface area (Å²) in [5, 5.41) is 20.8. The summed E-state index contributed by atoms with van der Waals surface area (Å²) in [5.41, 5.74) is 2.70. The van der Waals surface area contributed by atoms with E-state index in [-0.39, 0.29) is 24.7 Å². The van der Waals surface area contributed by atoms with Crippen LogP contribution < -0.4 is 20.9 Å². The van der Waals surface area contributed by atoms with Crippen LogP contribution in [0.5, 0.6) is 0 Å². The molecule has 4 aromatic rings. The highest BCUT2D eigenvalue weighted by atomic mass is 16.3. The van der Waals surface area contributed by atoms with Crippen LogP contribution in [-0.2, 0) is 22.4 Å². The zero-order valence-corrected chi connectivity index (χ0v) is 31.6. The second kappa shape index (κ2) is 20.3. The first kappa shape index (κ1) is 40.0. The zero-order chi connectivity index (χ0) is 38.3. The van der Waals surface area contributed by atoms with E-state index in [1.807, 2.05) is 97.1 Å². The predicted molar refractivity (Wildman–Crippen MR) is 214 cm³/mol. The van der Waals surface area contributed by atoms with Gasteiger partial charge in [-0.05, 0) is 60.4 Å². The van der Waals surface area contributed by atoms with Crippen LogP contribution in [0.1, 0.15) is 70.1 Å². The summed E-state index contributed by atoms with van der Waals surface area (Å²) in [6, 6.07) is 24.9. The number of nitrogens with one attached hydrogen (secondary N) is 4. The average Bonchev–Trinajstić information content (AvgIpc) is 3.71. The van der Waals surface area contributed by atoms with Gasteiger partial charge in [0.25, 0.3) is 0 Å². The molecule has 3 aromatic carbocycles. The van der Waals surface area contributed by atoms with Crippen LogP contribution in [0.25, 0.3) is 0 Å². The van der Waals surface area contributed by atoms with Crippen LogP contribution in [0.4, 0.5) is 16.2 Å². The highest BCUT2D eigenvalue weighted by Crippen LogP contribution is 2.30. The third kappa shape index (κ3) is 11.6. The molecule has 0 spiro atoms. The van der Waals surface area contributed by atoms with Crippen LogP contribution in [0.3, 0.4) is 0 Å². The lowest BCUT2D eigenvalue weighted by Crippen LogP contribution is -2.58. The van der Waals surface area contributed by atoms with E-state index in [9.17, 15) is 19.5 Å². The van der Waals surface area contributed by atoms with E-state index in [2.05, 4.69) is 46.3 Å². The standard InChI is InChI=1S/C44H56N6O4/c1-4-34(31(2)3)27-41(51)38(25-32-17-9-5-10-18-32)47-43(53)40(28-35-29-45-30-46-35)48-42(52)39(26-33-19-11-6-12-20-33)49-44(54)50(36-21-13-7-14-22-36)37-23-15-8-16-24-37/h4,6-8,11-16,19-24,29-32,34,38-41,51H,1,5,9-10,17-18,25-28H2,2-3H3,(H,45,46)(H,47,53)(H,48,52)(H,49,54)/t34-,38-,39+,40-,41-/m0/s1. The summed E-state index contributed by atoms with van der Waals surface area (Å²) in [6.45, 7) is 8.21. The average molecular weight is 733 g/mol. The van der Waals surface area contributed by atoms with Crippen LogP contribution in [0.15, 0.2) is 116 Å². The van der Waals surface area contributed by atoms with Gasteiger partial charge in [0, 0.05) is 19.0 Å². The van der Waals surface area contributed by atoms with Gasteiger partial charge in [-0.2, -0.15) is 0 Å². The molecule has 0 radical (unpaired) electrons. The van der Waals surface area contributed by atoms with Gasteiger partial charge in [-0.15, -0.1) is 6.58 Å². The zero-order valence-electron chi connectivity index (χ0n) is 31.6. The number of hydrogen-bond donors (Lipinski definition) is 5. The molecule has 54 heavy (non-hydrogen) atoms. The van der Waals surface area contributed by atoms with Crippen LogP contribution in [-0.4, -0.2) is 57.1 Å². The van der Waals surface area contributed by atoms with Crippen molar-refractivity contribution in [2.24, 2.45) is 17.8 Å². The Morgan fingerprint density at radius 3 is 1.96 bits per heavy atom. The number of benzene rings is 3. The Morgan fingerprint density at radius 1 is 0.833 bits per heavy atom. The van der Waals surface area contributed by atoms with Crippen molar-refractivity contribution in [3.05, 3.63) is 127 Å². The maximum absolute atomic E-state index is 14.4. The fourth-order valence-corrected chi connectivity index (χ4v) is 7.36. The van der Waals surface area contributed by atoms with Gasteiger partial charge in [0.15, 0.2) is 0 Å². The number of hydrogen-bond acceptors (Lipinski definition) is 5. The van der Waals surface area contributed by atoms with Gasteiger partial charge in [0.2, 0.25) is 11.8 Å². The number of carbonyl (C=O) groups is 3. The van der Waals surface area contributed by atoms with Gasteiger partial charge in [-0.3, -0.25) is 14.5 Å². The third-order valence-corrected chi connectivity index (χ3v) is 10.5. The lowest BCUT2D eigenvalue weighted by Gasteiger charge is -2.33. The number of amides is 4. The van der Waals surface area contributed by atoms with Gasteiger partial charge in [0.1, 0.15) is 12.1 Å². The van der Waals surface area contributed by atoms with Gasteiger partial charge < -0.3 is 26.0 Å². The number of nitrogens with zero attached hydrogens (tertiary/aromatic N) is 2. The molecule has 0 saturated heterocycles. The number of aromatic amines is 1. The van der Waals surface area contributed by atoms with Crippen molar-refractivity contribution in [1.82, 2.24) is 25.9 Å². The molecule has 5 atom stereocenters. The van der Waals surface area contributed by atoms with Gasteiger partial charge in [-0.25, -0.2) is 9.78 Å². The molecule has 1 aromatic heterocycles. The Hall–Kier alpha value is -5.22. The first-order valence-electron chi connectivity index (χ1n) is 19.4. The summed E-state index contributed by atoms with van der Waals surface area (Å²) in [6.07, 6.45) is 11.3. The van der Waals surface area contributed by atoms with Crippen molar-refractivity contribution < 1.29 is 19.5 Å².